The first-order chi connectivity index (χ1) is 21.6. The van der Waals surface area contributed by atoms with Gasteiger partial charge in [0.15, 0.2) is 0 Å². The quantitative estimate of drug-likeness (QED) is 0.185. The first-order valence-electron chi connectivity index (χ1n) is 15.2. The van der Waals surface area contributed by atoms with E-state index in [0.717, 1.165) is 34.1 Å². The van der Waals surface area contributed by atoms with Gasteiger partial charge in [0.1, 0.15) is 0 Å². The van der Waals surface area contributed by atoms with Crippen LogP contribution in [0.25, 0.3) is 32.3 Å². The van der Waals surface area contributed by atoms with Crippen molar-refractivity contribution in [3.63, 3.8) is 0 Å². The van der Waals surface area contributed by atoms with Gasteiger partial charge in [-0.3, -0.25) is 0 Å². The van der Waals surface area contributed by atoms with Crippen molar-refractivity contribution in [3.05, 3.63) is 169 Å². The fourth-order valence-electron chi connectivity index (χ4n) is 6.50. The maximum atomic E-state index is 2.35. The predicted molar refractivity (Wildman–Crippen MR) is 189 cm³/mol. The van der Waals surface area contributed by atoms with E-state index in [1.54, 1.807) is 0 Å². The molecule has 0 aliphatic carbocycles. The van der Waals surface area contributed by atoms with Crippen molar-refractivity contribution in [3.8, 4) is 0 Å². The number of rotatable bonds is 6. The molecule has 0 atom stereocenters. The molecule has 210 valence electrons. The minimum absolute atomic E-state index is 1.14. The number of para-hydroxylation sites is 2. The Kier molecular flexibility index (Phi) is 6.27. The second-order valence-electron chi connectivity index (χ2n) is 11.7. The van der Waals surface area contributed by atoms with Crippen LogP contribution < -0.4 is 9.80 Å². The number of hydrogen-bond acceptors (Lipinski definition) is 2. The Bertz CT molecular complexity index is 1990. The van der Waals surface area contributed by atoms with E-state index >= 15 is 0 Å². The molecule has 0 aliphatic rings. The van der Waals surface area contributed by atoms with Crippen LogP contribution in [0.4, 0.5) is 34.1 Å². The number of benzene rings is 8. The predicted octanol–water partition coefficient (Wildman–Crippen LogP) is 12.1. The van der Waals surface area contributed by atoms with Crippen molar-refractivity contribution in [2.45, 2.75) is 13.8 Å². The molecule has 0 bridgehead atoms. The van der Waals surface area contributed by atoms with Crippen molar-refractivity contribution in [1.29, 1.82) is 0 Å². The van der Waals surface area contributed by atoms with E-state index in [0.29, 0.717) is 0 Å². The molecule has 0 radical (unpaired) electrons. The first kappa shape index (κ1) is 26.1. The number of aryl methyl sites for hydroxylation is 2. The summed E-state index contributed by atoms with van der Waals surface area (Å²) in [5, 5.41) is 7.61. The summed E-state index contributed by atoms with van der Waals surface area (Å²) in [6, 6.07) is 57.3. The van der Waals surface area contributed by atoms with E-state index in [1.165, 1.54) is 43.4 Å². The van der Waals surface area contributed by atoms with E-state index in [9.17, 15) is 0 Å². The molecule has 2 heteroatoms. The maximum absolute atomic E-state index is 2.35. The Hall–Kier alpha value is -5.60. The van der Waals surface area contributed by atoms with E-state index in [2.05, 4.69) is 181 Å². The van der Waals surface area contributed by atoms with Gasteiger partial charge in [0, 0.05) is 34.1 Å². The van der Waals surface area contributed by atoms with Crippen LogP contribution in [0.5, 0.6) is 0 Å². The average Bonchev–Trinajstić information content (AvgIpc) is 3.06. The van der Waals surface area contributed by atoms with Gasteiger partial charge in [-0.05, 0) is 119 Å². The fraction of sp³-hybridized carbons (Fsp3) is 0.0476. The molecule has 0 aromatic heterocycles. The summed E-state index contributed by atoms with van der Waals surface area (Å²) < 4.78 is 0. The lowest BCUT2D eigenvalue weighted by Gasteiger charge is -2.27. The molecule has 0 saturated heterocycles. The molecule has 0 saturated carbocycles. The Morgan fingerprint density at radius 1 is 0.295 bits per heavy atom. The van der Waals surface area contributed by atoms with E-state index < -0.39 is 0 Å². The summed E-state index contributed by atoms with van der Waals surface area (Å²) in [4.78, 5) is 4.71. The van der Waals surface area contributed by atoms with Gasteiger partial charge in [-0.1, -0.05) is 96.1 Å². The monoisotopic (exact) mass is 564 g/mol. The summed E-state index contributed by atoms with van der Waals surface area (Å²) in [6.45, 7) is 4.27. The van der Waals surface area contributed by atoms with Gasteiger partial charge in [0.25, 0.3) is 0 Å². The van der Waals surface area contributed by atoms with Gasteiger partial charge in [-0.25, -0.2) is 0 Å². The third kappa shape index (κ3) is 4.53. The second kappa shape index (κ2) is 10.6. The number of anilines is 6. The summed E-state index contributed by atoms with van der Waals surface area (Å²) in [7, 11) is 0. The van der Waals surface area contributed by atoms with Crippen LogP contribution >= 0.6 is 0 Å². The molecule has 0 spiro atoms. The molecule has 0 aliphatic heterocycles. The Morgan fingerprint density at radius 2 is 0.591 bits per heavy atom. The van der Waals surface area contributed by atoms with Gasteiger partial charge in [-0.2, -0.15) is 0 Å². The molecule has 0 unspecified atom stereocenters. The normalized spacial score (nSPS) is 11.4. The number of hydrogen-bond donors (Lipinski definition) is 0. The molecule has 44 heavy (non-hydrogen) atoms. The zero-order chi connectivity index (χ0) is 29.6. The van der Waals surface area contributed by atoms with E-state index in [4.69, 9.17) is 0 Å². The van der Waals surface area contributed by atoms with Crippen molar-refractivity contribution >= 4 is 66.4 Å². The third-order valence-corrected chi connectivity index (χ3v) is 8.63. The summed E-state index contributed by atoms with van der Waals surface area (Å²) >= 11 is 0. The standard InChI is InChI=1S/C42H32N2/c1-29-13-21-37(22-14-29)43(35-9-5-3-6-10-35)39-25-31-17-19-33-27-40(28-34-20-18-32(26-39)41(31)42(33)34)44(36-11-7-4-8-12-36)38-23-15-30(2)16-24-38/h3-28H,1-2H3. The Morgan fingerprint density at radius 3 is 0.909 bits per heavy atom. The van der Waals surface area contributed by atoms with E-state index in [-0.39, 0.29) is 0 Å². The van der Waals surface area contributed by atoms with Crippen LogP contribution in [0, 0.1) is 13.8 Å². The molecular weight excluding hydrogens is 532 g/mol. The molecule has 0 amide bonds. The topological polar surface area (TPSA) is 6.48 Å². The Balaban J connectivity index is 1.31. The van der Waals surface area contributed by atoms with Gasteiger partial charge < -0.3 is 9.80 Å². The molecular formula is C42H32N2. The van der Waals surface area contributed by atoms with Crippen LogP contribution in [0.3, 0.4) is 0 Å². The van der Waals surface area contributed by atoms with Gasteiger partial charge in [0.05, 0.1) is 0 Å². The zero-order valence-corrected chi connectivity index (χ0v) is 24.9. The molecule has 0 heterocycles. The lowest BCUT2D eigenvalue weighted by atomic mass is 9.92. The van der Waals surface area contributed by atoms with Crippen molar-refractivity contribution in [2.75, 3.05) is 9.80 Å². The van der Waals surface area contributed by atoms with Crippen LogP contribution in [0.2, 0.25) is 0 Å². The van der Waals surface area contributed by atoms with Crippen LogP contribution in [0.15, 0.2) is 158 Å². The summed E-state index contributed by atoms with van der Waals surface area (Å²) in [5.41, 5.74) is 9.40. The van der Waals surface area contributed by atoms with Crippen molar-refractivity contribution in [1.82, 2.24) is 0 Å². The molecule has 2 nitrogen and oxygen atoms in total. The largest absolute Gasteiger partial charge is 0.310 e. The fourth-order valence-corrected chi connectivity index (χ4v) is 6.50. The molecule has 8 aromatic rings. The minimum atomic E-state index is 1.14. The van der Waals surface area contributed by atoms with Gasteiger partial charge >= 0.3 is 0 Å². The highest BCUT2D eigenvalue weighted by atomic mass is 15.1. The molecule has 0 N–H and O–H groups in total. The van der Waals surface area contributed by atoms with Crippen molar-refractivity contribution < 1.29 is 0 Å². The van der Waals surface area contributed by atoms with Crippen LogP contribution in [-0.4, -0.2) is 0 Å². The summed E-state index contributed by atoms with van der Waals surface area (Å²) in [6.07, 6.45) is 0. The Labute approximate surface area is 258 Å². The molecule has 8 rings (SSSR count). The van der Waals surface area contributed by atoms with Crippen LogP contribution in [0.1, 0.15) is 11.1 Å². The lowest BCUT2D eigenvalue weighted by Crippen LogP contribution is -2.10. The maximum Gasteiger partial charge on any atom is 0.0473 e. The van der Waals surface area contributed by atoms with Crippen molar-refractivity contribution in [2.24, 2.45) is 0 Å². The summed E-state index contributed by atoms with van der Waals surface area (Å²) in [5.74, 6) is 0. The number of nitrogens with zero attached hydrogens (tertiary/aromatic N) is 2. The zero-order valence-electron chi connectivity index (χ0n) is 24.9. The van der Waals surface area contributed by atoms with Crippen LogP contribution in [-0.2, 0) is 0 Å². The molecule has 0 fully saturated rings. The average molecular weight is 565 g/mol. The highest BCUT2D eigenvalue weighted by molar-refractivity contribution is 6.24. The minimum Gasteiger partial charge on any atom is -0.310 e. The third-order valence-electron chi connectivity index (χ3n) is 8.63. The second-order valence-corrected chi connectivity index (χ2v) is 11.7. The molecule has 8 aromatic carbocycles. The lowest BCUT2D eigenvalue weighted by molar-refractivity contribution is 1.28. The highest BCUT2D eigenvalue weighted by Crippen LogP contribution is 2.44. The first-order valence-corrected chi connectivity index (χ1v) is 15.2. The van der Waals surface area contributed by atoms with Gasteiger partial charge in [-0.15, -0.1) is 0 Å². The van der Waals surface area contributed by atoms with E-state index in [1.807, 2.05) is 0 Å². The smallest absolute Gasteiger partial charge is 0.0473 e. The highest BCUT2D eigenvalue weighted by Gasteiger charge is 2.18. The SMILES string of the molecule is Cc1ccc(N(c2ccccc2)c2cc3ccc4cc(N(c5ccccc5)c5ccc(C)cc5)cc5ccc(c2)c3c45)cc1. The van der Waals surface area contributed by atoms with Gasteiger partial charge in [0.2, 0.25) is 0 Å².